The molecular formula is C13H8ClFN4O. The summed E-state index contributed by atoms with van der Waals surface area (Å²) in [5.41, 5.74) is 1.73. The predicted molar refractivity (Wildman–Crippen MR) is 72.0 cm³/mol. The smallest absolute Gasteiger partial charge is 0.174 e. The molecule has 0 aliphatic carbocycles. The average Bonchev–Trinajstić information content (AvgIpc) is 3.09. The van der Waals surface area contributed by atoms with Crippen LogP contribution in [0.15, 0.2) is 24.7 Å². The van der Waals surface area contributed by atoms with Gasteiger partial charge in [-0.25, -0.2) is 4.39 Å². The zero-order chi connectivity index (χ0) is 14.1. The second-order valence-corrected chi connectivity index (χ2v) is 4.46. The summed E-state index contributed by atoms with van der Waals surface area (Å²) in [7, 11) is 0. The van der Waals surface area contributed by atoms with Crippen LogP contribution < -0.4 is 4.74 Å². The number of ether oxygens (including phenoxy) is 1. The Bertz CT molecular complexity index is 804. The van der Waals surface area contributed by atoms with Crippen LogP contribution in [0, 0.1) is 17.1 Å². The SMILES string of the molecule is N#CCOc1cc(Cl)c(F)c2[nH]cc(-c3cn[nH]c3)c12. The molecule has 0 spiro atoms. The quantitative estimate of drug-likeness (QED) is 0.777. The normalized spacial score (nSPS) is 10.7. The number of aromatic amines is 2. The summed E-state index contributed by atoms with van der Waals surface area (Å²) in [4.78, 5) is 2.84. The lowest BCUT2D eigenvalue weighted by Crippen LogP contribution is -1.95. The second-order valence-electron chi connectivity index (χ2n) is 4.06. The molecule has 5 nitrogen and oxygen atoms in total. The molecule has 0 saturated heterocycles. The van der Waals surface area contributed by atoms with Crippen molar-refractivity contribution in [1.29, 1.82) is 5.26 Å². The average molecular weight is 291 g/mol. The van der Waals surface area contributed by atoms with Gasteiger partial charge in [0, 0.05) is 29.6 Å². The molecule has 2 heterocycles. The Balaban J connectivity index is 2.28. The highest BCUT2D eigenvalue weighted by atomic mass is 35.5. The molecule has 20 heavy (non-hydrogen) atoms. The lowest BCUT2D eigenvalue weighted by Gasteiger charge is -2.07. The van der Waals surface area contributed by atoms with E-state index >= 15 is 0 Å². The van der Waals surface area contributed by atoms with Gasteiger partial charge < -0.3 is 9.72 Å². The van der Waals surface area contributed by atoms with Crippen molar-refractivity contribution in [2.45, 2.75) is 0 Å². The van der Waals surface area contributed by atoms with Crippen molar-refractivity contribution in [1.82, 2.24) is 15.2 Å². The predicted octanol–water partition coefficient (Wildman–Crippen LogP) is 3.25. The molecule has 0 unspecified atom stereocenters. The number of rotatable bonds is 3. The van der Waals surface area contributed by atoms with E-state index in [1.165, 1.54) is 6.07 Å². The first-order chi connectivity index (χ1) is 9.72. The molecule has 2 aromatic heterocycles. The minimum Gasteiger partial charge on any atom is -0.478 e. The summed E-state index contributed by atoms with van der Waals surface area (Å²) in [6, 6.07) is 3.24. The van der Waals surface area contributed by atoms with E-state index in [4.69, 9.17) is 21.6 Å². The highest BCUT2D eigenvalue weighted by Crippen LogP contribution is 2.39. The summed E-state index contributed by atoms with van der Waals surface area (Å²) in [6.45, 7) is -0.146. The van der Waals surface area contributed by atoms with Crippen molar-refractivity contribution in [2.75, 3.05) is 6.61 Å². The summed E-state index contributed by atoms with van der Waals surface area (Å²) in [6.07, 6.45) is 4.94. The highest BCUT2D eigenvalue weighted by molar-refractivity contribution is 6.32. The van der Waals surface area contributed by atoms with Gasteiger partial charge in [0.1, 0.15) is 11.8 Å². The first-order valence-electron chi connectivity index (χ1n) is 5.70. The number of fused-ring (bicyclic) bond motifs is 1. The summed E-state index contributed by atoms with van der Waals surface area (Å²) in [5.74, 6) is -0.203. The van der Waals surface area contributed by atoms with Crippen molar-refractivity contribution in [3.63, 3.8) is 0 Å². The van der Waals surface area contributed by atoms with Gasteiger partial charge in [-0.2, -0.15) is 10.4 Å². The molecule has 0 radical (unpaired) electrons. The number of halogens is 2. The van der Waals surface area contributed by atoms with Gasteiger partial charge in [0.25, 0.3) is 0 Å². The van der Waals surface area contributed by atoms with Crippen LogP contribution in [0.3, 0.4) is 0 Å². The van der Waals surface area contributed by atoms with Crippen molar-refractivity contribution in [2.24, 2.45) is 0 Å². The third kappa shape index (κ3) is 1.89. The van der Waals surface area contributed by atoms with Gasteiger partial charge in [-0.3, -0.25) is 5.10 Å². The van der Waals surface area contributed by atoms with Crippen LogP contribution >= 0.6 is 11.6 Å². The Morgan fingerprint density at radius 1 is 1.45 bits per heavy atom. The number of H-pyrrole nitrogens is 2. The van der Waals surface area contributed by atoms with E-state index in [0.29, 0.717) is 11.1 Å². The Morgan fingerprint density at radius 3 is 3.00 bits per heavy atom. The van der Waals surface area contributed by atoms with E-state index in [1.807, 2.05) is 6.07 Å². The maximum absolute atomic E-state index is 14.0. The summed E-state index contributed by atoms with van der Waals surface area (Å²) >= 11 is 5.83. The molecule has 1 aromatic carbocycles. The number of nitrogens with one attached hydrogen (secondary N) is 2. The van der Waals surface area contributed by atoms with Crippen LogP contribution in [-0.2, 0) is 0 Å². The van der Waals surface area contributed by atoms with Crippen LogP contribution in [0.1, 0.15) is 0 Å². The standard InChI is InChI=1S/C13H8ClFN4O/c14-9-3-10(20-2-1-16)11-8(7-4-18-19-5-7)6-17-13(11)12(9)15/h3-6,17H,2H2,(H,18,19). The largest absolute Gasteiger partial charge is 0.478 e. The number of hydrogen-bond donors (Lipinski definition) is 2. The number of benzene rings is 1. The van der Waals surface area contributed by atoms with Crippen LogP contribution in [0.4, 0.5) is 4.39 Å². The number of nitrogens with zero attached hydrogens (tertiary/aromatic N) is 2. The van der Waals surface area contributed by atoms with Crippen LogP contribution in [-0.4, -0.2) is 21.8 Å². The molecule has 0 bridgehead atoms. The molecule has 0 aliphatic rings. The van der Waals surface area contributed by atoms with Gasteiger partial charge in [0.15, 0.2) is 12.4 Å². The highest BCUT2D eigenvalue weighted by Gasteiger charge is 2.18. The Morgan fingerprint density at radius 2 is 2.30 bits per heavy atom. The third-order valence-corrected chi connectivity index (χ3v) is 3.19. The molecule has 0 aliphatic heterocycles. The number of aromatic nitrogens is 3. The Kier molecular flexibility index (Phi) is 3.05. The maximum Gasteiger partial charge on any atom is 0.174 e. The van der Waals surface area contributed by atoms with E-state index in [-0.39, 0.29) is 17.1 Å². The monoisotopic (exact) mass is 290 g/mol. The fraction of sp³-hybridized carbons (Fsp3) is 0.0769. The van der Waals surface area contributed by atoms with Gasteiger partial charge in [0.2, 0.25) is 0 Å². The lowest BCUT2D eigenvalue weighted by atomic mass is 10.1. The molecular weight excluding hydrogens is 283 g/mol. The van der Waals surface area contributed by atoms with E-state index in [9.17, 15) is 4.39 Å². The lowest BCUT2D eigenvalue weighted by molar-refractivity contribution is 0.372. The third-order valence-electron chi connectivity index (χ3n) is 2.92. The van der Waals surface area contributed by atoms with Gasteiger partial charge in [-0.05, 0) is 0 Å². The Labute approximate surface area is 117 Å². The van der Waals surface area contributed by atoms with Gasteiger partial charge in [0.05, 0.1) is 22.1 Å². The van der Waals surface area contributed by atoms with E-state index in [1.54, 1.807) is 18.6 Å². The minimum atomic E-state index is -0.555. The summed E-state index contributed by atoms with van der Waals surface area (Å²) in [5, 5.41) is 15.6. The molecule has 3 aromatic rings. The zero-order valence-corrected chi connectivity index (χ0v) is 10.8. The minimum absolute atomic E-state index is 0.0639. The van der Waals surface area contributed by atoms with Crippen LogP contribution in [0.25, 0.3) is 22.0 Å². The molecule has 0 amide bonds. The fourth-order valence-corrected chi connectivity index (χ4v) is 2.27. The van der Waals surface area contributed by atoms with Crippen LogP contribution in [0.2, 0.25) is 5.02 Å². The van der Waals surface area contributed by atoms with Gasteiger partial charge in [-0.15, -0.1) is 0 Å². The van der Waals surface area contributed by atoms with Crippen molar-refractivity contribution >= 4 is 22.5 Å². The van der Waals surface area contributed by atoms with E-state index in [0.717, 1.165) is 11.1 Å². The first kappa shape index (κ1) is 12.5. The molecule has 2 N–H and O–H groups in total. The zero-order valence-electron chi connectivity index (χ0n) is 10.1. The van der Waals surface area contributed by atoms with Gasteiger partial charge in [-0.1, -0.05) is 11.6 Å². The molecule has 0 atom stereocenters. The topological polar surface area (TPSA) is 77.5 Å². The van der Waals surface area contributed by atoms with Crippen molar-refractivity contribution in [3.8, 4) is 22.9 Å². The summed E-state index contributed by atoms with van der Waals surface area (Å²) < 4.78 is 19.4. The number of nitriles is 1. The molecule has 0 saturated carbocycles. The van der Waals surface area contributed by atoms with E-state index < -0.39 is 5.82 Å². The second kappa shape index (κ2) is 4.87. The molecule has 0 fully saturated rings. The first-order valence-corrected chi connectivity index (χ1v) is 6.08. The molecule has 100 valence electrons. The molecule has 3 rings (SSSR count). The van der Waals surface area contributed by atoms with Gasteiger partial charge >= 0.3 is 0 Å². The van der Waals surface area contributed by atoms with Crippen molar-refractivity contribution in [3.05, 3.63) is 35.5 Å². The Hall–Kier alpha value is -2.52. The van der Waals surface area contributed by atoms with E-state index in [2.05, 4.69) is 15.2 Å². The molecule has 7 heteroatoms. The number of hydrogen-bond acceptors (Lipinski definition) is 3. The van der Waals surface area contributed by atoms with Crippen LogP contribution in [0.5, 0.6) is 5.75 Å². The fourth-order valence-electron chi connectivity index (χ4n) is 2.07. The maximum atomic E-state index is 14.0. The van der Waals surface area contributed by atoms with Crippen molar-refractivity contribution < 1.29 is 9.13 Å².